The number of hydrogen-bond donors (Lipinski definition) is 2. The zero-order valence-corrected chi connectivity index (χ0v) is 17.8. The van der Waals surface area contributed by atoms with Crippen molar-refractivity contribution in [2.45, 2.75) is 24.7 Å². The van der Waals surface area contributed by atoms with E-state index in [1.165, 1.54) is 4.90 Å². The quantitative estimate of drug-likeness (QED) is 0.639. The molecule has 4 atom stereocenters. The van der Waals surface area contributed by atoms with Gasteiger partial charge in [0.1, 0.15) is 12.2 Å². The fourth-order valence-electron chi connectivity index (χ4n) is 4.56. The lowest BCUT2D eigenvalue weighted by molar-refractivity contribution is -0.130. The molecule has 2 heterocycles. The van der Waals surface area contributed by atoms with Crippen LogP contribution in [0.3, 0.4) is 0 Å². The van der Waals surface area contributed by atoms with Gasteiger partial charge in [0.2, 0.25) is 15.9 Å². The van der Waals surface area contributed by atoms with E-state index in [9.17, 15) is 22.4 Å². The molecule has 9 nitrogen and oxygen atoms in total. The Labute approximate surface area is 180 Å². The number of nitrogens with zero attached hydrogens (tertiary/aromatic N) is 3. The highest BCUT2D eigenvalue weighted by Gasteiger charge is 2.56. The molecule has 4 unspecified atom stereocenters. The van der Waals surface area contributed by atoms with E-state index in [0.717, 1.165) is 6.26 Å². The molecule has 166 valence electrons. The van der Waals surface area contributed by atoms with Crippen LogP contribution in [0, 0.1) is 23.2 Å². The molecule has 11 heteroatoms. The first-order valence-corrected chi connectivity index (χ1v) is 12.0. The van der Waals surface area contributed by atoms with Crippen LogP contribution >= 0.6 is 0 Å². The van der Waals surface area contributed by atoms with E-state index in [-0.39, 0.29) is 49.2 Å². The zero-order chi connectivity index (χ0) is 22.3. The monoisotopic (exact) mass is 449 g/mol. The lowest BCUT2D eigenvalue weighted by Gasteiger charge is -2.22. The van der Waals surface area contributed by atoms with E-state index in [1.807, 2.05) is 6.07 Å². The third kappa shape index (κ3) is 4.65. The molecule has 2 saturated heterocycles. The molecular formula is C20H24FN5O4S. The number of halogens is 1. The number of sulfonamides is 1. The maximum absolute atomic E-state index is 13.5. The second-order valence-electron chi connectivity index (χ2n) is 8.42. The van der Waals surface area contributed by atoms with Crippen LogP contribution in [0.25, 0.3) is 0 Å². The van der Waals surface area contributed by atoms with Crippen molar-refractivity contribution in [1.82, 2.24) is 15.1 Å². The summed E-state index contributed by atoms with van der Waals surface area (Å²) in [7, 11) is -3.37. The zero-order valence-electron chi connectivity index (χ0n) is 17.0. The molecule has 0 spiro atoms. The van der Waals surface area contributed by atoms with Crippen molar-refractivity contribution in [1.29, 1.82) is 5.26 Å². The predicted molar refractivity (Wildman–Crippen MR) is 110 cm³/mol. The first-order chi connectivity index (χ1) is 14.7. The molecule has 3 fully saturated rings. The molecule has 0 aromatic heterocycles. The molecule has 4 rings (SSSR count). The van der Waals surface area contributed by atoms with Crippen molar-refractivity contribution < 1.29 is 22.4 Å². The molecule has 1 saturated carbocycles. The van der Waals surface area contributed by atoms with Crippen molar-refractivity contribution in [2.75, 3.05) is 37.2 Å². The summed E-state index contributed by atoms with van der Waals surface area (Å²) in [5, 5.41) is 12.3. The van der Waals surface area contributed by atoms with Crippen LogP contribution < -0.4 is 10.0 Å². The number of fused-ring (bicyclic) bond motifs is 1. The van der Waals surface area contributed by atoms with E-state index < -0.39 is 22.2 Å². The largest absolute Gasteiger partial charge is 0.338 e. The lowest BCUT2D eigenvalue weighted by Crippen LogP contribution is -2.43. The van der Waals surface area contributed by atoms with Gasteiger partial charge in [-0.2, -0.15) is 5.26 Å². The van der Waals surface area contributed by atoms with E-state index in [4.69, 9.17) is 5.26 Å². The highest BCUT2D eigenvalue weighted by Crippen LogP contribution is 2.45. The van der Waals surface area contributed by atoms with Crippen LogP contribution in [0.15, 0.2) is 24.3 Å². The fourth-order valence-corrected chi connectivity index (χ4v) is 5.13. The Morgan fingerprint density at radius 1 is 1.19 bits per heavy atom. The first-order valence-electron chi connectivity index (χ1n) is 10.1. The number of benzene rings is 1. The minimum absolute atomic E-state index is 0.0307. The van der Waals surface area contributed by atoms with Gasteiger partial charge in [0.25, 0.3) is 5.91 Å². The fraction of sp³-hybridized carbons (Fsp3) is 0.550. The van der Waals surface area contributed by atoms with Gasteiger partial charge >= 0.3 is 0 Å². The molecule has 2 N–H and O–H groups in total. The maximum Gasteiger partial charge on any atom is 0.253 e. The van der Waals surface area contributed by atoms with Crippen LogP contribution in [0.5, 0.6) is 0 Å². The molecule has 1 aliphatic carbocycles. The Balaban J connectivity index is 1.24. The molecule has 31 heavy (non-hydrogen) atoms. The number of likely N-dealkylation sites (tertiary alicyclic amines) is 2. The van der Waals surface area contributed by atoms with Crippen molar-refractivity contribution in [3.05, 3.63) is 29.8 Å². The Bertz CT molecular complexity index is 1010. The van der Waals surface area contributed by atoms with Gasteiger partial charge in [-0.3, -0.25) is 14.3 Å². The minimum atomic E-state index is -3.37. The summed E-state index contributed by atoms with van der Waals surface area (Å²) in [4.78, 5) is 28.1. The molecule has 3 aliphatic rings. The highest BCUT2D eigenvalue weighted by atomic mass is 32.2. The van der Waals surface area contributed by atoms with E-state index in [2.05, 4.69) is 10.0 Å². The summed E-state index contributed by atoms with van der Waals surface area (Å²) in [6.07, 6.45) is -0.0188. The average molecular weight is 450 g/mol. The molecular weight excluding hydrogens is 425 g/mol. The van der Waals surface area contributed by atoms with Gasteiger partial charge in [-0.1, -0.05) is 0 Å². The van der Waals surface area contributed by atoms with Crippen molar-refractivity contribution in [3.63, 3.8) is 0 Å². The van der Waals surface area contributed by atoms with Crippen LogP contribution in [0.4, 0.5) is 10.1 Å². The Hall–Kier alpha value is -2.71. The number of anilines is 1. The van der Waals surface area contributed by atoms with E-state index in [1.54, 1.807) is 29.2 Å². The number of piperidine rings is 1. The number of hydrogen-bond acceptors (Lipinski definition) is 6. The molecule has 1 aromatic rings. The maximum atomic E-state index is 13.5. The lowest BCUT2D eigenvalue weighted by atomic mass is 10.2. The van der Waals surface area contributed by atoms with Crippen LogP contribution in [0.2, 0.25) is 0 Å². The van der Waals surface area contributed by atoms with Crippen LogP contribution in [-0.4, -0.2) is 80.7 Å². The number of nitriles is 1. The van der Waals surface area contributed by atoms with Crippen LogP contribution in [-0.2, 0) is 14.8 Å². The molecule has 2 aliphatic heterocycles. The predicted octanol–water partition coefficient (Wildman–Crippen LogP) is 0.181. The summed E-state index contributed by atoms with van der Waals surface area (Å²) >= 11 is 0. The molecule has 1 aromatic carbocycles. The van der Waals surface area contributed by atoms with Crippen molar-refractivity contribution in [3.8, 4) is 6.07 Å². The summed E-state index contributed by atoms with van der Waals surface area (Å²) in [6.45, 7) is 1.19. The van der Waals surface area contributed by atoms with Crippen LogP contribution in [0.1, 0.15) is 16.8 Å². The Morgan fingerprint density at radius 3 is 2.42 bits per heavy atom. The van der Waals surface area contributed by atoms with Crippen molar-refractivity contribution >= 4 is 27.5 Å². The SMILES string of the molecule is CS(=O)(=O)Nc1ccc(C(=O)N2CC3C(C2)C3NCC(=O)N2CC(F)CC2C#N)cc1. The van der Waals surface area contributed by atoms with Crippen molar-refractivity contribution in [2.24, 2.45) is 11.8 Å². The second kappa shape index (κ2) is 8.09. The second-order valence-corrected chi connectivity index (χ2v) is 10.2. The highest BCUT2D eigenvalue weighted by molar-refractivity contribution is 7.92. The molecule has 2 amide bonds. The van der Waals surface area contributed by atoms with Gasteiger partial charge in [0.05, 0.1) is 25.4 Å². The normalized spacial score (nSPS) is 29.4. The summed E-state index contributed by atoms with van der Waals surface area (Å²) < 4.78 is 38.4. The third-order valence-corrected chi connectivity index (χ3v) is 6.73. The smallest absolute Gasteiger partial charge is 0.253 e. The minimum Gasteiger partial charge on any atom is -0.338 e. The van der Waals surface area contributed by atoms with E-state index >= 15 is 0 Å². The number of nitrogens with one attached hydrogen (secondary N) is 2. The van der Waals surface area contributed by atoms with Gasteiger partial charge in [-0.15, -0.1) is 0 Å². The molecule has 0 radical (unpaired) electrons. The number of carbonyl (C=O) groups is 2. The summed E-state index contributed by atoms with van der Waals surface area (Å²) in [5.41, 5.74) is 0.880. The van der Waals surface area contributed by atoms with Gasteiger partial charge in [0, 0.05) is 36.8 Å². The van der Waals surface area contributed by atoms with Gasteiger partial charge in [-0.05, 0) is 36.1 Å². The third-order valence-electron chi connectivity index (χ3n) is 6.12. The van der Waals surface area contributed by atoms with Gasteiger partial charge < -0.3 is 15.1 Å². The topological polar surface area (TPSA) is 123 Å². The Kier molecular flexibility index (Phi) is 5.61. The van der Waals surface area contributed by atoms with Gasteiger partial charge in [0.15, 0.2) is 0 Å². The average Bonchev–Trinajstić information content (AvgIpc) is 3.04. The number of alkyl halides is 1. The number of carbonyl (C=O) groups excluding carboxylic acids is 2. The number of amides is 2. The Morgan fingerprint density at radius 2 is 1.84 bits per heavy atom. The summed E-state index contributed by atoms with van der Waals surface area (Å²) in [5.74, 6) is 0.146. The summed E-state index contributed by atoms with van der Waals surface area (Å²) in [6, 6.07) is 7.70. The first kappa shape index (κ1) is 21.5. The standard InChI is InChI=1S/C20H24FN5O4S/c1-31(29,30)24-14-4-2-12(3-5-14)20(28)25-10-16-17(11-25)19(16)23-8-18(27)26-9-13(21)6-15(26)7-22/h2-5,13,15-17,19,23-24H,6,8-11H2,1H3. The number of rotatable bonds is 6. The van der Waals surface area contributed by atoms with E-state index in [0.29, 0.717) is 24.3 Å². The van der Waals surface area contributed by atoms with Gasteiger partial charge in [-0.25, -0.2) is 12.8 Å². The molecule has 0 bridgehead atoms.